The lowest BCUT2D eigenvalue weighted by molar-refractivity contribution is -0.121. The summed E-state index contributed by atoms with van der Waals surface area (Å²) in [4.78, 5) is 11.8. The van der Waals surface area contributed by atoms with E-state index >= 15 is 0 Å². The summed E-state index contributed by atoms with van der Waals surface area (Å²) in [5, 5.41) is 6.22. The molecule has 1 aliphatic heterocycles. The molecule has 0 unspecified atom stereocenters. The van der Waals surface area contributed by atoms with E-state index in [4.69, 9.17) is 23.2 Å². The van der Waals surface area contributed by atoms with E-state index in [2.05, 4.69) is 16.7 Å². The third-order valence-electron chi connectivity index (χ3n) is 3.25. The van der Waals surface area contributed by atoms with Crippen LogP contribution in [0, 0.1) is 0 Å². The first kappa shape index (κ1) is 15.8. The van der Waals surface area contributed by atoms with Gasteiger partial charge in [-0.25, -0.2) is 0 Å². The first-order valence-corrected chi connectivity index (χ1v) is 8.31. The third-order valence-corrected chi connectivity index (χ3v) is 4.82. The fourth-order valence-corrected chi connectivity index (χ4v) is 3.66. The van der Waals surface area contributed by atoms with Crippen LogP contribution in [0.2, 0.25) is 8.67 Å². The van der Waals surface area contributed by atoms with Crippen molar-refractivity contribution >= 4 is 40.4 Å². The number of rotatable bonds is 6. The topological polar surface area (TPSA) is 41.1 Å². The maximum atomic E-state index is 11.8. The lowest BCUT2D eigenvalue weighted by Crippen LogP contribution is -2.29. The van der Waals surface area contributed by atoms with Crippen molar-refractivity contribution in [2.75, 3.05) is 19.6 Å². The summed E-state index contributed by atoms with van der Waals surface area (Å²) < 4.78 is 1.43. The zero-order chi connectivity index (χ0) is 14.4. The quantitative estimate of drug-likeness (QED) is 0.784. The second-order valence-corrected chi connectivity index (χ2v) is 7.08. The van der Waals surface area contributed by atoms with Crippen LogP contribution in [-0.2, 0) is 11.2 Å². The molecule has 0 bridgehead atoms. The Morgan fingerprint density at radius 1 is 1.45 bits per heavy atom. The monoisotopic (exact) mass is 332 g/mol. The van der Waals surface area contributed by atoms with Gasteiger partial charge in [-0.15, -0.1) is 11.3 Å². The summed E-state index contributed by atoms with van der Waals surface area (Å²) in [6, 6.07) is 1.88. The fourth-order valence-electron chi connectivity index (χ4n) is 2.11. The highest BCUT2D eigenvalue weighted by Crippen LogP contribution is 2.31. The average Bonchev–Trinajstić information content (AvgIpc) is 2.76. The van der Waals surface area contributed by atoms with E-state index in [9.17, 15) is 4.79 Å². The minimum atomic E-state index is 0.0990. The van der Waals surface area contributed by atoms with E-state index in [1.807, 2.05) is 6.07 Å². The van der Waals surface area contributed by atoms with Crippen LogP contribution < -0.4 is 10.6 Å². The van der Waals surface area contributed by atoms with Crippen molar-refractivity contribution in [3.63, 3.8) is 0 Å². The fraction of sp³-hybridized carbons (Fsp3) is 0.500. The van der Waals surface area contributed by atoms with E-state index in [1.165, 1.54) is 16.9 Å². The number of aryl methyl sites for hydroxylation is 1. The molecule has 0 fully saturated rings. The largest absolute Gasteiger partial charge is 0.352 e. The van der Waals surface area contributed by atoms with Crippen molar-refractivity contribution in [3.8, 4) is 0 Å². The maximum absolute atomic E-state index is 11.8. The van der Waals surface area contributed by atoms with Crippen LogP contribution in [0.25, 0.3) is 0 Å². The molecule has 0 saturated carbocycles. The van der Waals surface area contributed by atoms with Gasteiger partial charge in [0.15, 0.2) is 0 Å². The van der Waals surface area contributed by atoms with Gasteiger partial charge in [-0.05, 0) is 37.4 Å². The Bertz CT molecular complexity index is 499. The van der Waals surface area contributed by atoms with E-state index in [-0.39, 0.29) is 5.91 Å². The number of thiophene rings is 1. The van der Waals surface area contributed by atoms with Gasteiger partial charge in [0.1, 0.15) is 0 Å². The highest BCUT2D eigenvalue weighted by Gasteiger charge is 2.08. The molecular weight excluding hydrogens is 315 g/mol. The van der Waals surface area contributed by atoms with Gasteiger partial charge >= 0.3 is 0 Å². The van der Waals surface area contributed by atoms with Crippen LogP contribution in [0.15, 0.2) is 17.7 Å². The molecule has 0 aliphatic carbocycles. The van der Waals surface area contributed by atoms with E-state index in [0.717, 1.165) is 42.3 Å². The molecule has 1 aromatic rings. The molecule has 1 aliphatic rings. The number of carbonyl (C=O) groups excluding carboxylic acids is 1. The van der Waals surface area contributed by atoms with Gasteiger partial charge in [-0.3, -0.25) is 4.79 Å². The highest BCUT2D eigenvalue weighted by atomic mass is 35.5. The SMILES string of the molecule is O=C(CCCc1cc(Cl)sc1Cl)NCC1=CCNCC1. The Balaban J connectivity index is 1.65. The average molecular weight is 333 g/mol. The zero-order valence-electron chi connectivity index (χ0n) is 11.2. The van der Waals surface area contributed by atoms with Crippen molar-refractivity contribution < 1.29 is 4.79 Å². The van der Waals surface area contributed by atoms with Crippen molar-refractivity contribution in [1.29, 1.82) is 0 Å². The lowest BCUT2D eigenvalue weighted by Gasteiger charge is -2.14. The lowest BCUT2D eigenvalue weighted by atomic mass is 10.1. The maximum Gasteiger partial charge on any atom is 0.220 e. The van der Waals surface area contributed by atoms with Crippen molar-refractivity contribution in [2.45, 2.75) is 25.7 Å². The minimum absolute atomic E-state index is 0.0990. The Hall–Kier alpha value is -0.550. The number of nitrogens with one attached hydrogen (secondary N) is 2. The zero-order valence-corrected chi connectivity index (χ0v) is 13.5. The van der Waals surface area contributed by atoms with Gasteiger partial charge in [0.05, 0.1) is 8.67 Å². The van der Waals surface area contributed by atoms with Crippen LogP contribution in [0.5, 0.6) is 0 Å². The van der Waals surface area contributed by atoms with E-state index < -0.39 is 0 Å². The number of amides is 1. The molecule has 2 rings (SSSR count). The van der Waals surface area contributed by atoms with Crippen molar-refractivity contribution in [3.05, 3.63) is 32.0 Å². The van der Waals surface area contributed by atoms with Crippen LogP contribution in [0.4, 0.5) is 0 Å². The molecule has 0 radical (unpaired) electrons. The second kappa shape index (κ2) is 8.03. The summed E-state index contributed by atoms with van der Waals surface area (Å²) in [7, 11) is 0. The van der Waals surface area contributed by atoms with Crippen LogP contribution in [0.1, 0.15) is 24.8 Å². The normalized spacial score (nSPS) is 15.0. The van der Waals surface area contributed by atoms with Crippen LogP contribution in [-0.4, -0.2) is 25.5 Å². The number of carbonyl (C=O) groups is 1. The summed E-state index contributed by atoms with van der Waals surface area (Å²) in [5.74, 6) is 0.0990. The summed E-state index contributed by atoms with van der Waals surface area (Å²) in [6.45, 7) is 2.58. The van der Waals surface area contributed by atoms with E-state index in [0.29, 0.717) is 17.3 Å². The Morgan fingerprint density at radius 2 is 2.30 bits per heavy atom. The molecule has 0 aromatic carbocycles. The summed E-state index contributed by atoms with van der Waals surface area (Å²) in [5.41, 5.74) is 2.35. The first-order chi connectivity index (χ1) is 9.65. The molecule has 6 heteroatoms. The third kappa shape index (κ3) is 5.09. The Kier molecular flexibility index (Phi) is 6.36. The molecule has 1 aromatic heterocycles. The van der Waals surface area contributed by atoms with Crippen molar-refractivity contribution in [1.82, 2.24) is 10.6 Å². The minimum Gasteiger partial charge on any atom is -0.352 e. The van der Waals surface area contributed by atoms with Gasteiger partial charge < -0.3 is 10.6 Å². The van der Waals surface area contributed by atoms with Crippen molar-refractivity contribution in [2.24, 2.45) is 0 Å². The molecule has 0 spiro atoms. The summed E-state index contributed by atoms with van der Waals surface area (Å²) >= 11 is 13.3. The van der Waals surface area contributed by atoms with Gasteiger partial charge in [-0.1, -0.05) is 34.9 Å². The highest BCUT2D eigenvalue weighted by molar-refractivity contribution is 7.20. The van der Waals surface area contributed by atoms with Gasteiger partial charge in [-0.2, -0.15) is 0 Å². The molecule has 1 amide bonds. The molecular formula is C14H18Cl2N2OS. The van der Waals surface area contributed by atoms with Gasteiger partial charge in [0.25, 0.3) is 0 Å². The molecule has 0 atom stereocenters. The number of halogens is 2. The van der Waals surface area contributed by atoms with E-state index in [1.54, 1.807) is 0 Å². The molecule has 2 N–H and O–H groups in total. The first-order valence-electron chi connectivity index (χ1n) is 6.74. The molecule has 20 heavy (non-hydrogen) atoms. The Morgan fingerprint density at radius 3 is 2.95 bits per heavy atom. The molecule has 3 nitrogen and oxygen atoms in total. The number of hydrogen-bond donors (Lipinski definition) is 2. The standard InChI is InChI=1S/C14H18Cl2N2OS/c15-12-8-11(14(16)20-12)2-1-3-13(19)18-9-10-4-6-17-7-5-10/h4,8,17H,1-3,5-7,9H2,(H,18,19). The smallest absolute Gasteiger partial charge is 0.220 e. The molecule has 0 saturated heterocycles. The van der Waals surface area contributed by atoms with Gasteiger partial charge in [0, 0.05) is 19.5 Å². The predicted octanol–water partition coefficient (Wildman–Crippen LogP) is 3.41. The number of hydrogen-bond acceptors (Lipinski definition) is 3. The van der Waals surface area contributed by atoms with Crippen LogP contribution in [0.3, 0.4) is 0 Å². The molecule has 2 heterocycles. The Labute approximate surface area is 133 Å². The summed E-state index contributed by atoms with van der Waals surface area (Å²) in [6.07, 6.45) is 5.27. The van der Waals surface area contributed by atoms with Gasteiger partial charge in [0.2, 0.25) is 5.91 Å². The predicted molar refractivity (Wildman–Crippen MR) is 85.9 cm³/mol. The second-order valence-electron chi connectivity index (χ2n) is 4.80. The molecule has 110 valence electrons. The van der Waals surface area contributed by atoms with Crippen LogP contribution >= 0.6 is 34.5 Å².